The molecule has 0 saturated carbocycles. The van der Waals surface area contributed by atoms with Gasteiger partial charge in [-0.3, -0.25) is 24.7 Å². The van der Waals surface area contributed by atoms with Gasteiger partial charge < -0.3 is 14.2 Å². The summed E-state index contributed by atoms with van der Waals surface area (Å²) in [6, 6.07) is 6.15. The van der Waals surface area contributed by atoms with Crippen LogP contribution in [0.1, 0.15) is 5.89 Å². The molecule has 11 heteroatoms. The van der Waals surface area contributed by atoms with E-state index in [4.69, 9.17) is 9.26 Å². The van der Waals surface area contributed by atoms with E-state index < -0.39 is 4.92 Å². The van der Waals surface area contributed by atoms with E-state index in [1.54, 1.807) is 12.1 Å². The van der Waals surface area contributed by atoms with Gasteiger partial charge in [0, 0.05) is 57.0 Å². The zero-order valence-corrected chi connectivity index (χ0v) is 16.6. The third kappa shape index (κ3) is 4.99. The molecule has 0 atom stereocenters. The summed E-state index contributed by atoms with van der Waals surface area (Å²) in [6.07, 6.45) is 0. The molecule has 1 aromatic carbocycles. The van der Waals surface area contributed by atoms with E-state index in [-0.39, 0.29) is 11.6 Å². The van der Waals surface area contributed by atoms with Crippen LogP contribution in [0.4, 0.5) is 5.69 Å². The molecule has 2 aromatic rings. The molecule has 2 saturated heterocycles. The van der Waals surface area contributed by atoms with E-state index >= 15 is 0 Å². The molecule has 0 aliphatic carbocycles. The second kappa shape index (κ2) is 9.28. The quantitative estimate of drug-likeness (QED) is 0.493. The largest absolute Gasteiger partial charge is 0.379 e. The van der Waals surface area contributed by atoms with Crippen molar-refractivity contribution in [2.24, 2.45) is 0 Å². The normalized spacial score (nSPS) is 18.5. The maximum absolute atomic E-state index is 12.5. The van der Waals surface area contributed by atoms with E-state index in [1.165, 1.54) is 12.1 Å². The van der Waals surface area contributed by atoms with Crippen LogP contribution < -0.4 is 0 Å². The molecular formula is C19H24N6O5. The lowest BCUT2D eigenvalue weighted by atomic mass is 10.2. The Morgan fingerprint density at radius 3 is 2.60 bits per heavy atom. The highest BCUT2D eigenvalue weighted by Gasteiger charge is 2.24. The number of carbonyl (C=O) groups excluding carboxylic acids is 1. The number of nitro groups is 1. The Hall–Kier alpha value is -2.89. The summed E-state index contributed by atoms with van der Waals surface area (Å²) in [6.45, 7) is 6.67. The molecule has 0 unspecified atom stereocenters. The van der Waals surface area contributed by atoms with E-state index in [2.05, 4.69) is 19.9 Å². The lowest BCUT2D eigenvalue weighted by Gasteiger charge is -2.35. The number of piperazine rings is 1. The molecular weight excluding hydrogens is 392 g/mol. The first-order valence-electron chi connectivity index (χ1n) is 9.96. The summed E-state index contributed by atoms with van der Waals surface area (Å²) in [7, 11) is 0. The van der Waals surface area contributed by atoms with Gasteiger partial charge in [-0.25, -0.2) is 0 Å². The minimum absolute atomic E-state index is 0.0169. The molecule has 0 spiro atoms. The zero-order valence-electron chi connectivity index (χ0n) is 16.6. The minimum atomic E-state index is -0.454. The standard InChI is InChI=1S/C19H24N6O5/c26-18(14-23-8-10-29-11-9-23)24-6-4-22(5-7-24)13-17-20-19(21-30-17)15-2-1-3-16(12-15)25(27)28/h1-3,12H,4-11,13-14H2. The number of nitrogens with zero attached hydrogens (tertiary/aromatic N) is 6. The summed E-state index contributed by atoms with van der Waals surface area (Å²) in [4.78, 5) is 33.5. The molecule has 3 heterocycles. The van der Waals surface area contributed by atoms with Gasteiger partial charge in [-0.15, -0.1) is 0 Å². The van der Waals surface area contributed by atoms with E-state index in [0.717, 1.165) is 26.2 Å². The van der Waals surface area contributed by atoms with Crippen LogP contribution in [0.3, 0.4) is 0 Å². The van der Waals surface area contributed by atoms with Crippen molar-refractivity contribution in [2.45, 2.75) is 6.54 Å². The number of benzene rings is 1. The van der Waals surface area contributed by atoms with Gasteiger partial charge in [0.25, 0.3) is 5.69 Å². The van der Waals surface area contributed by atoms with Crippen LogP contribution in [0.25, 0.3) is 11.4 Å². The van der Waals surface area contributed by atoms with Gasteiger partial charge in [0.2, 0.25) is 17.6 Å². The molecule has 0 radical (unpaired) electrons. The fourth-order valence-corrected chi connectivity index (χ4v) is 3.59. The zero-order chi connectivity index (χ0) is 20.9. The number of hydrogen-bond donors (Lipinski definition) is 0. The number of ether oxygens (including phenoxy) is 1. The molecule has 11 nitrogen and oxygen atoms in total. The minimum Gasteiger partial charge on any atom is -0.379 e. The summed E-state index contributed by atoms with van der Waals surface area (Å²) >= 11 is 0. The molecule has 30 heavy (non-hydrogen) atoms. The van der Waals surface area contributed by atoms with Crippen LogP contribution in [0, 0.1) is 10.1 Å². The first-order valence-corrected chi connectivity index (χ1v) is 9.96. The first-order chi connectivity index (χ1) is 14.6. The van der Waals surface area contributed by atoms with Gasteiger partial charge in [0.15, 0.2) is 0 Å². The number of amides is 1. The SMILES string of the molecule is O=C(CN1CCOCC1)N1CCN(Cc2nc(-c3cccc([N+](=O)[O-])c3)no2)CC1. The third-order valence-electron chi connectivity index (χ3n) is 5.33. The number of morpholine rings is 1. The van der Waals surface area contributed by atoms with Gasteiger partial charge in [0.1, 0.15) is 0 Å². The molecule has 1 amide bonds. The fourth-order valence-electron chi connectivity index (χ4n) is 3.59. The van der Waals surface area contributed by atoms with Crippen molar-refractivity contribution < 1.29 is 19.0 Å². The Bertz CT molecular complexity index is 889. The van der Waals surface area contributed by atoms with Gasteiger partial charge in [0.05, 0.1) is 31.2 Å². The lowest BCUT2D eigenvalue weighted by molar-refractivity contribution is -0.384. The molecule has 0 bridgehead atoms. The predicted octanol–water partition coefficient (Wildman–Crippen LogP) is 0.621. The molecule has 4 rings (SSSR count). The van der Waals surface area contributed by atoms with Crippen LogP contribution in [0.15, 0.2) is 28.8 Å². The van der Waals surface area contributed by atoms with Crippen molar-refractivity contribution in [3.05, 3.63) is 40.3 Å². The van der Waals surface area contributed by atoms with Gasteiger partial charge in [-0.05, 0) is 0 Å². The number of nitro benzene ring substituents is 1. The average molecular weight is 416 g/mol. The average Bonchev–Trinajstić information content (AvgIpc) is 3.23. The van der Waals surface area contributed by atoms with Crippen LogP contribution in [0.5, 0.6) is 0 Å². The number of carbonyl (C=O) groups is 1. The van der Waals surface area contributed by atoms with Gasteiger partial charge in [-0.1, -0.05) is 17.3 Å². The summed E-state index contributed by atoms with van der Waals surface area (Å²) < 4.78 is 10.6. The predicted molar refractivity (Wildman–Crippen MR) is 106 cm³/mol. The van der Waals surface area contributed by atoms with Crippen molar-refractivity contribution in [3.63, 3.8) is 0 Å². The van der Waals surface area contributed by atoms with Crippen LogP contribution in [0.2, 0.25) is 0 Å². The van der Waals surface area contributed by atoms with Crippen molar-refractivity contribution in [1.29, 1.82) is 0 Å². The highest BCUT2D eigenvalue weighted by atomic mass is 16.6. The third-order valence-corrected chi connectivity index (χ3v) is 5.33. The number of non-ortho nitro benzene ring substituents is 1. The summed E-state index contributed by atoms with van der Waals surface area (Å²) in [5.41, 5.74) is 0.523. The molecule has 2 fully saturated rings. The molecule has 0 N–H and O–H groups in total. The molecule has 160 valence electrons. The Kier molecular flexibility index (Phi) is 6.31. The van der Waals surface area contributed by atoms with Crippen LogP contribution in [-0.4, -0.2) is 94.7 Å². The van der Waals surface area contributed by atoms with Crippen molar-refractivity contribution in [1.82, 2.24) is 24.8 Å². The number of hydrogen-bond acceptors (Lipinski definition) is 9. The van der Waals surface area contributed by atoms with Gasteiger partial charge in [-0.2, -0.15) is 4.98 Å². The Balaban J connectivity index is 1.28. The van der Waals surface area contributed by atoms with E-state index in [0.29, 0.717) is 56.7 Å². The second-order valence-corrected chi connectivity index (χ2v) is 7.36. The molecule has 2 aliphatic heterocycles. The summed E-state index contributed by atoms with van der Waals surface area (Å²) in [5, 5.41) is 14.9. The fraction of sp³-hybridized carbons (Fsp3) is 0.526. The molecule has 2 aliphatic rings. The maximum atomic E-state index is 12.5. The number of aromatic nitrogens is 2. The smallest absolute Gasteiger partial charge is 0.270 e. The van der Waals surface area contributed by atoms with Crippen LogP contribution in [-0.2, 0) is 16.1 Å². The molecule has 1 aromatic heterocycles. The monoisotopic (exact) mass is 416 g/mol. The maximum Gasteiger partial charge on any atom is 0.270 e. The van der Waals surface area contributed by atoms with Crippen molar-refractivity contribution >= 4 is 11.6 Å². The Morgan fingerprint density at radius 1 is 1.10 bits per heavy atom. The Morgan fingerprint density at radius 2 is 1.87 bits per heavy atom. The first kappa shape index (κ1) is 20.4. The summed E-state index contributed by atoms with van der Waals surface area (Å²) in [5.74, 6) is 0.930. The highest BCUT2D eigenvalue weighted by molar-refractivity contribution is 5.78. The topological polar surface area (TPSA) is 118 Å². The second-order valence-electron chi connectivity index (χ2n) is 7.36. The van der Waals surface area contributed by atoms with Crippen LogP contribution >= 0.6 is 0 Å². The lowest BCUT2D eigenvalue weighted by Crippen LogP contribution is -2.52. The van der Waals surface area contributed by atoms with E-state index in [1.807, 2.05) is 4.90 Å². The Labute approximate surface area is 173 Å². The van der Waals surface area contributed by atoms with Crippen molar-refractivity contribution in [2.75, 3.05) is 59.0 Å². The van der Waals surface area contributed by atoms with Gasteiger partial charge >= 0.3 is 0 Å². The highest BCUT2D eigenvalue weighted by Crippen LogP contribution is 2.21. The number of rotatable bonds is 6. The van der Waals surface area contributed by atoms with E-state index in [9.17, 15) is 14.9 Å². The van der Waals surface area contributed by atoms with Crippen molar-refractivity contribution in [3.8, 4) is 11.4 Å².